The zero-order valence-electron chi connectivity index (χ0n) is 9.54. The van der Waals surface area contributed by atoms with Gasteiger partial charge in [0.2, 0.25) is 0 Å². The maximum Gasteiger partial charge on any atom is 0.441 e. The molecule has 3 N–H and O–H groups in total. The van der Waals surface area contributed by atoms with Gasteiger partial charge in [-0.25, -0.2) is 0 Å². The Balaban J connectivity index is 2.46. The van der Waals surface area contributed by atoms with Gasteiger partial charge < -0.3 is 11.1 Å². The number of thioether (sulfide) groups is 1. The fourth-order valence-corrected chi connectivity index (χ4v) is 1.63. The molecule has 0 saturated carbocycles. The third-order valence-electron chi connectivity index (χ3n) is 1.97. The molecule has 1 heterocycles. The Kier molecular flexibility index (Phi) is 4.83. The number of alkyl halides is 3. The molecule has 0 radical (unpaired) electrons. The van der Waals surface area contributed by atoms with E-state index >= 15 is 0 Å². The van der Waals surface area contributed by atoms with Gasteiger partial charge in [0.25, 0.3) is 5.91 Å². The summed E-state index contributed by atoms with van der Waals surface area (Å²) >= 11 is -0.184. The van der Waals surface area contributed by atoms with Crippen LogP contribution in [0, 0.1) is 6.92 Å². The van der Waals surface area contributed by atoms with Crippen molar-refractivity contribution in [2.75, 3.05) is 18.0 Å². The Morgan fingerprint density at radius 2 is 2.22 bits per heavy atom. The number of hydrogen-bond donors (Lipinski definition) is 2. The van der Waals surface area contributed by atoms with E-state index in [1.54, 1.807) is 6.92 Å². The molecular weight excluding hydrogens is 267 g/mol. The highest BCUT2D eigenvalue weighted by atomic mass is 32.2. The summed E-state index contributed by atoms with van der Waals surface area (Å²) < 4.78 is 35.5. The number of aromatic nitrogens is 1. The molecule has 0 fully saturated rings. The number of carbonyl (C=O) groups is 1. The molecule has 18 heavy (non-hydrogen) atoms. The lowest BCUT2D eigenvalue weighted by Crippen LogP contribution is -2.27. The lowest BCUT2D eigenvalue weighted by molar-refractivity contribution is -0.0327. The van der Waals surface area contributed by atoms with Crippen LogP contribution in [-0.2, 0) is 0 Å². The molecule has 0 spiro atoms. The number of anilines is 1. The number of pyridine rings is 1. The first kappa shape index (κ1) is 14.6. The number of amides is 1. The Labute approximate surface area is 106 Å². The van der Waals surface area contributed by atoms with Crippen molar-refractivity contribution in [1.29, 1.82) is 0 Å². The minimum atomic E-state index is -4.28. The zero-order chi connectivity index (χ0) is 13.8. The average molecular weight is 279 g/mol. The lowest BCUT2D eigenvalue weighted by Gasteiger charge is -2.08. The normalized spacial score (nSPS) is 11.3. The summed E-state index contributed by atoms with van der Waals surface area (Å²) in [6, 6.07) is 1.53. The van der Waals surface area contributed by atoms with Crippen molar-refractivity contribution in [3.8, 4) is 0 Å². The third-order valence-corrected chi connectivity index (χ3v) is 2.71. The molecule has 0 aliphatic heterocycles. The summed E-state index contributed by atoms with van der Waals surface area (Å²) in [7, 11) is 0. The van der Waals surface area contributed by atoms with Crippen LogP contribution in [0.3, 0.4) is 0 Å². The molecule has 1 aromatic rings. The molecule has 100 valence electrons. The van der Waals surface area contributed by atoms with Crippen molar-refractivity contribution in [3.63, 3.8) is 0 Å². The van der Waals surface area contributed by atoms with E-state index in [1.807, 2.05) is 0 Å². The fraction of sp³-hybridized carbons (Fsp3) is 0.400. The van der Waals surface area contributed by atoms with Crippen LogP contribution < -0.4 is 11.1 Å². The minimum absolute atomic E-state index is 0.0870. The number of nitrogens with two attached hydrogens (primary N) is 1. The predicted molar refractivity (Wildman–Crippen MR) is 64.2 cm³/mol. The smallest absolute Gasteiger partial charge is 0.398 e. The van der Waals surface area contributed by atoms with Crippen molar-refractivity contribution < 1.29 is 18.0 Å². The van der Waals surface area contributed by atoms with Gasteiger partial charge in [0, 0.05) is 29.9 Å². The Hall–Kier alpha value is -1.44. The van der Waals surface area contributed by atoms with Gasteiger partial charge >= 0.3 is 5.51 Å². The maximum atomic E-state index is 11.8. The van der Waals surface area contributed by atoms with Crippen LogP contribution in [0.15, 0.2) is 12.3 Å². The van der Waals surface area contributed by atoms with E-state index in [-0.39, 0.29) is 35.3 Å². The monoisotopic (exact) mass is 279 g/mol. The topological polar surface area (TPSA) is 68.0 Å². The highest BCUT2D eigenvalue weighted by Gasteiger charge is 2.27. The van der Waals surface area contributed by atoms with Crippen LogP contribution in [0.25, 0.3) is 0 Å². The number of nitrogen functional groups attached to an aromatic ring is 1. The van der Waals surface area contributed by atoms with Crippen molar-refractivity contribution in [1.82, 2.24) is 10.3 Å². The van der Waals surface area contributed by atoms with Gasteiger partial charge in [-0.1, -0.05) is 0 Å². The molecule has 0 aromatic carbocycles. The van der Waals surface area contributed by atoms with Crippen molar-refractivity contribution in [3.05, 3.63) is 23.5 Å². The van der Waals surface area contributed by atoms with Crippen LogP contribution in [0.4, 0.5) is 18.9 Å². The van der Waals surface area contributed by atoms with E-state index in [2.05, 4.69) is 10.3 Å². The van der Waals surface area contributed by atoms with Crippen LogP contribution in [-0.4, -0.2) is 28.7 Å². The molecule has 1 rings (SSSR count). The van der Waals surface area contributed by atoms with Crippen molar-refractivity contribution in [2.24, 2.45) is 0 Å². The van der Waals surface area contributed by atoms with Crippen LogP contribution in [0.1, 0.15) is 16.1 Å². The maximum absolute atomic E-state index is 11.8. The van der Waals surface area contributed by atoms with Crippen molar-refractivity contribution >= 4 is 23.4 Å². The van der Waals surface area contributed by atoms with E-state index in [4.69, 9.17) is 5.73 Å². The second-order valence-electron chi connectivity index (χ2n) is 3.46. The molecule has 0 bridgehead atoms. The first-order valence-electron chi connectivity index (χ1n) is 5.00. The van der Waals surface area contributed by atoms with Crippen LogP contribution >= 0.6 is 11.8 Å². The summed E-state index contributed by atoms with van der Waals surface area (Å²) in [6.07, 6.45) is 1.30. The zero-order valence-corrected chi connectivity index (χ0v) is 10.4. The van der Waals surface area contributed by atoms with E-state index in [1.165, 1.54) is 12.3 Å². The average Bonchev–Trinajstić information content (AvgIpc) is 2.22. The van der Waals surface area contributed by atoms with E-state index in [0.717, 1.165) is 0 Å². The van der Waals surface area contributed by atoms with Crippen molar-refractivity contribution in [2.45, 2.75) is 12.4 Å². The second kappa shape index (κ2) is 5.94. The molecule has 0 aliphatic rings. The number of aryl methyl sites for hydroxylation is 1. The van der Waals surface area contributed by atoms with E-state index in [9.17, 15) is 18.0 Å². The van der Waals surface area contributed by atoms with Gasteiger partial charge in [-0.05, 0) is 24.8 Å². The first-order chi connectivity index (χ1) is 8.29. The van der Waals surface area contributed by atoms with Gasteiger partial charge in [0.1, 0.15) is 0 Å². The van der Waals surface area contributed by atoms with Gasteiger partial charge in [-0.3, -0.25) is 9.78 Å². The van der Waals surface area contributed by atoms with Crippen LogP contribution in [0.2, 0.25) is 0 Å². The van der Waals surface area contributed by atoms with E-state index < -0.39 is 11.4 Å². The van der Waals surface area contributed by atoms with Gasteiger partial charge in [0.05, 0.1) is 5.56 Å². The summed E-state index contributed by atoms with van der Waals surface area (Å²) in [6.45, 7) is 1.63. The van der Waals surface area contributed by atoms with Gasteiger partial charge in [-0.15, -0.1) is 0 Å². The molecule has 4 nitrogen and oxygen atoms in total. The SMILES string of the molecule is Cc1cc(N)c(C(=O)NCCSC(F)(F)F)cn1. The predicted octanol–water partition coefficient (Wildman–Crippen LogP) is 1.96. The molecule has 1 aromatic heterocycles. The number of nitrogens with one attached hydrogen (secondary N) is 1. The number of rotatable bonds is 4. The quantitative estimate of drug-likeness (QED) is 0.827. The largest absolute Gasteiger partial charge is 0.441 e. The number of hydrogen-bond acceptors (Lipinski definition) is 4. The molecule has 0 atom stereocenters. The summed E-state index contributed by atoms with van der Waals surface area (Å²) in [5, 5.41) is 2.35. The molecule has 8 heteroatoms. The Morgan fingerprint density at radius 1 is 1.56 bits per heavy atom. The minimum Gasteiger partial charge on any atom is -0.398 e. The van der Waals surface area contributed by atoms with Gasteiger partial charge in [-0.2, -0.15) is 13.2 Å². The standard InChI is InChI=1S/C10H12F3N3OS/c1-6-4-8(14)7(5-16-6)9(17)15-2-3-18-10(11,12)13/h4-5H,2-3H2,1H3,(H2,14,16)(H,15,17). The molecular formula is C10H12F3N3OS. The number of carbonyl (C=O) groups excluding carboxylic acids is 1. The molecule has 0 aliphatic carbocycles. The van der Waals surface area contributed by atoms with Crippen LogP contribution in [0.5, 0.6) is 0 Å². The second-order valence-corrected chi connectivity index (χ2v) is 4.62. The fourth-order valence-electron chi connectivity index (χ4n) is 1.20. The first-order valence-corrected chi connectivity index (χ1v) is 5.99. The number of halogens is 3. The summed E-state index contributed by atoms with van der Waals surface area (Å²) in [5.41, 5.74) is 2.41. The Bertz CT molecular complexity index is 437. The summed E-state index contributed by atoms with van der Waals surface area (Å²) in [4.78, 5) is 15.5. The van der Waals surface area contributed by atoms with Gasteiger partial charge in [0.15, 0.2) is 0 Å². The molecule has 0 saturated heterocycles. The van der Waals surface area contributed by atoms with E-state index in [0.29, 0.717) is 5.69 Å². The number of nitrogens with zero attached hydrogens (tertiary/aromatic N) is 1. The Morgan fingerprint density at radius 3 is 2.78 bits per heavy atom. The third kappa shape index (κ3) is 4.82. The molecule has 0 unspecified atom stereocenters. The highest BCUT2D eigenvalue weighted by molar-refractivity contribution is 8.00. The summed E-state index contributed by atoms with van der Waals surface area (Å²) in [5.74, 6) is -0.767. The lowest BCUT2D eigenvalue weighted by atomic mass is 10.2. The molecule has 1 amide bonds. The highest BCUT2D eigenvalue weighted by Crippen LogP contribution is 2.29.